The molecule has 0 saturated carbocycles. The van der Waals surface area contributed by atoms with Crippen LogP contribution in [0.2, 0.25) is 15.1 Å². The maximum atomic E-state index is 12.3. The maximum absolute atomic E-state index is 12.3. The normalized spacial score (nSPS) is 10.2. The molecule has 0 heterocycles. The average Bonchev–Trinajstić information content (AvgIpc) is 3.00. The summed E-state index contributed by atoms with van der Waals surface area (Å²) in [6.07, 6.45) is 0. The quantitative estimate of drug-likeness (QED) is 0.125. The Balaban J connectivity index is 0.000000215. The molecule has 0 spiro atoms. The molecule has 5 rings (SSSR count). The second-order valence-electron chi connectivity index (χ2n) is 8.81. The second kappa shape index (κ2) is 15.7. The molecule has 216 valence electrons. The van der Waals surface area contributed by atoms with E-state index in [1.807, 2.05) is 12.1 Å². The van der Waals surface area contributed by atoms with E-state index in [-0.39, 0.29) is 16.9 Å². The topological polar surface area (TPSA) is 75.3 Å². The van der Waals surface area contributed by atoms with Crippen LogP contribution in [0.4, 0.5) is 11.4 Å². The van der Waals surface area contributed by atoms with E-state index < -0.39 is 0 Å². The van der Waals surface area contributed by atoms with Gasteiger partial charge in [-0.1, -0.05) is 71.2 Å². The largest absolute Gasteiger partial charge is 0.322 e. The summed E-state index contributed by atoms with van der Waals surface area (Å²) >= 11 is 23.3. The van der Waals surface area contributed by atoms with E-state index in [4.69, 9.17) is 34.8 Å². The molecule has 0 aliphatic carbocycles. The zero-order chi connectivity index (χ0) is 30.8. The molecule has 0 unspecified atom stereocenters. The van der Waals surface area contributed by atoms with Crippen LogP contribution in [0.1, 0.15) is 31.1 Å². The summed E-state index contributed by atoms with van der Waals surface area (Å²) in [4.78, 5) is 38.1. The van der Waals surface area contributed by atoms with Gasteiger partial charge in [0.2, 0.25) is 5.12 Å². The fraction of sp³-hybridized carbons (Fsp3) is 0. The zero-order valence-corrected chi connectivity index (χ0v) is 26.2. The number of thioether (sulfide) groups is 1. The number of benzene rings is 5. The van der Waals surface area contributed by atoms with Gasteiger partial charge in [-0.3, -0.25) is 14.4 Å². The number of carbonyl (C=O) groups excluding carboxylic acids is 3. The van der Waals surface area contributed by atoms with E-state index in [0.717, 1.165) is 21.6 Å². The monoisotopic (exact) mass is 664 g/mol. The second-order valence-corrected chi connectivity index (χ2v) is 11.6. The van der Waals surface area contributed by atoms with Gasteiger partial charge in [0, 0.05) is 26.7 Å². The third-order valence-corrected chi connectivity index (χ3v) is 7.98. The molecule has 2 N–H and O–H groups in total. The Labute approximate surface area is 274 Å². The van der Waals surface area contributed by atoms with Gasteiger partial charge in [-0.05, 0) is 96.7 Å². The number of thiol groups is 1. The van der Waals surface area contributed by atoms with E-state index in [1.165, 1.54) is 0 Å². The molecule has 0 saturated heterocycles. The molecule has 2 amide bonds. The Morgan fingerprint density at radius 1 is 0.512 bits per heavy atom. The van der Waals surface area contributed by atoms with Gasteiger partial charge in [-0.25, -0.2) is 0 Å². The Kier molecular flexibility index (Phi) is 11.7. The number of hydrogen-bond acceptors (Lipinski definition) is 5. The van der Waals surface area contributed by atoms with Crippen molar-refractivity contribution in [1.82, 2.24) is 0 Å². The molecular weight excluding hydrogens is 643 g/mol. The van der Waals surface area contributed by atoms with Crippen LogP contribution >= 0.6 is 59.2 Å². The van der Waals surface area contributed by atoms with Crippen LogP contribution in [0.3, 0.4) is 0 Å². The van der Waals surface area contributed by atoms with Crippen molar-refractivity contribution in [2.24, 2.45) is 0 Å². The van der Waals surface area contributed by atoms with Crippen molar-refractivity contribution in [2.75, 3.05) is 10.6 Å². The molecule has 0 aliphatic rings. The highest BCUT2D eigenvalue weighted by Crippen LogP contribution is 2.28. The Bertz CT molecular complexity index is 1670. The van der Waals surface area contributed by atoms with Crippen molar-refractivity contribution < 1.29 is 14.4 Å². The molecule has 0 aromatic heterocycles. The van der Waals surface area contributed by atoms with E-state index in [0.29, 0.717) is 43.1 Å². The molecule has 10 heteroatoms. The first-order valence-corrected chi connectivity index (χ1v) is 15.1. The fourth-order valence-electron chi connectivity index (χ4n) is 3.63. The predicted molar refractivity (Wildman–Crippen MR) is 181 cm³/mol. The lowest BCUT2D eigenvalue weighted by atomic mass is 10.2. The summed E-state index contributed by atoms with van der Waals surface area (Å²) < 4.78 is 0. The zero-order valence-electron chi connectivity index (χ0n) is 22.3. The number of hydrogen-bond donors (Lipinski definition) is 3. The lowest BCUT2D eigenvalue weighted by Gasteiger charge is -2.08. The highest BCUT2D eigenvalue weighted by Gasteiger charge is 2.13. The third kappa shape index (κ3) is 9.38. The van der Waals surface area contributed by atoms with Gasteiger partial charge in [-0.15, -0.1) is 12.6 Å². The van der Waals surface area contributed by atoms with Crippen LogP contribution in [0, 0.1) is 0 Å². The van der Waals surface area contributed by atoms with E-state index in [2.05, 4.69) is 23.3 Å². The number of nitrogens with one attached hydrogen (secondary N) is 2. The number of anilines is 2. The number of carbonyl (C=O) groups is 3. The van der Waals surface area contributed by atoms with Crippen LogP contribution in [0.25, 0.3) is 0 Å². The van der Waals surface area contributed by atoms with Crippen molar-refractivity contribution in [3.05, 3.63) is 153 Å². The van der Waals surface area contributed by atoms with Crippen molar-refractivity contribution in [3.63, 3.8) is 0 Å². The van der Waals surface area contributed by atoms with Crippen LogP contribution in [-0.4, -0.2) is 16.9 Å². The van der Waals surface area contributed by atoms with E-state index in [9.17, 15) is 14.4 Å². The van der Waals surface area contributed by atoms with Crippen LogP contribution < -0.4 is 10.6 Å². The first-order valence-electron chi connectivity index (χ1n) is 12.7. The Hall–Kier alpha value is -3.72. The standard InChI is InChI=1S/C20H13Cl2NO2S.C13H10ClNOS/c21-17-7-3-1-5-15(17)19(24)23-13-9-11-14(12-10-13)26-20(25)16-6-2-4-8-18(16)22;14-12-4-2-1-3-11(12)13(16)15-9-5-7-10(17)8-6-9/h1-12H,(H,23,24);1-8,17H,(H,15,16). The smallest absolute Gasteiger partial charge is 0.257 e. The molecule has 0 fully saturated rings. The molecule has 0 bridgehead atoms. The number of halogens is 3. The highest BCUT2D eigenvalue weighted by molar-refractivity contribution is 8.14. The molecule has 0 atom stereocenters. The summed E-state index contributed by atoms with van der Waals surface area (Å²) in [5, 5.41) is 6.67. The first kappa shape index (κ1) is 32.2. The molecular formula is C33H23Cl3N2O3S2. The van der Waals surface area contributed by atoms with Gasteiger partial charge < -0.3 is 10.6 Å². The number of rotatable bonds is 6. The summed E-state index contributed by atoms with van der Waals surface area (Å²) in [7, 11) is 0. The SMILES string of the molecule is O=C(Nc1ccc(S)cc1)c1ccccc1Cl.O=C(Nc1ccc(SC(=O)c2ccccc2Cl)cc1)c1ccccc1Cl. The minimum atomic E-state index is -0.289. The van der Waals surface area contributed by atoms with Crippen molar-refractivity contribution in [3.8, 4) is 0 Å². The fourth-order valence-corrected chi connectivity index (χ4v) is 5.27. The van der Waals surface area contributed by atoms with Gasteiger partial charge in [0.05, 0.1) is 26.2 Å². The maximum Gasteiger partial charge on any atom is 0.257 e. The molecule has 0 aliphatic heterocycles. The lowest BCUT2D eigenvalue weighted by molar-refractivity contribution is 0.101. The van der Waals surface area contributed by atoms with Crippen molar-refractivity contribution >= 4 is 87.5 Å². The van der Waals surface area contributed by atoms with Crippen LogP contribution in [-0.2, 0) is 0 Å². The lowest BCUT2D eigenvalue weighted by Crippen LogP contribution is -2.12. The molecule has 0 radical (unpaired) electrons. The van der Waals surface area contributed by atoms with Gasteiger partial charge in [-0.2, -0.15) is 0 Å². The molecule has 5 nitrogen and oxygen atoms in total. The van der Waals surface area contributed by atoms with Gasteiger partial charge in [0.15, 0.2) is 0 Å². The summed E-state index contributed by atoms with van der Waals surface area (Å²) in [6, 6.07) is 34.9. The van der Waals surface area contributed by atoms with Gasteiger partial charge in [0.25, 0.3) is 11.8 Å². The Morgan fingerprint density at radius 2 is 0.884 bits per heavy atom. The van der Waals surface area contributed by atoms with E-state index >= 15 is 0 Å². The minimum Gasteiger partial charge on any atom is -0.322 e. The highest BCUT2D eigenvalue weighted by atomic mass is 35.5. The third-order valence-electron chi connectivity index (χ3n) is 5.78. The molecule has 5 aromatic carbocycles. The summed E-state index contributed by atoms with van der Waals surface area (Å²) in [6.45, 7) is 0. The van der Waals surface area contributed by atoms with Crippen molar-refractivity contribution in [2.45, 2.75) is 9.79 Å². The van der Waals surface area contributed by atoms with Crippen LogP contribution in [0.15, 0.2) is 131 Å². The first-order chi connectivity index (χ1) is 20.7. The summed E-state index contributed by atoms with van der Waals surface area (Å²) in [5.74, 6) is -0.509. The molecule has 43 heavy (non-hydrogen) atoms. The van der Waals surface area contributed by atoms with Gasteiger partial charge in [0.1, 0.15) is 0 Å². The van der Waals surface area contributed by atoms with E-state index in [1.54, 1.807) is 109 Å². The van der Waals surface area contributed by atoms with Crippen molar-refractivity contribution in [1.29, 1.82) is 0 Å². The minimum absolute atomic E-state index is 0.136. The molecule has 5 aromatic rings. The average molecular weight is 666 g/mol. The summed E-state index contributed by atoms with van der Waals surface area (Å²) in [5.41, 5.74) is 2.66. The number of amides is 2. The van der Waals surface area contributed by atoms with Gasteiger partial charge >= 0.3 is 0 Å². The van der Waals surface area contributed by atoms with Crippen LogP contribution in [0.5, 0.6) is 0 Å². The Morgan fingerprint density at radius 3 is 1.30 bits per heavy atom. The predicted octanol–water partition coefficient (Wildman–Crippen LogP) is 10.1.